The van der Waals surface area contributed by atoms with Crippen LogP contribution in [0.3, 0.4) is 0 Å². The van der Waals surface area contributed by atoms with E-state index in [9.17, 15) is 4.79 Å². The van der Waals surface area contributed by atoms with Crippen molar-refractivity contribution in [2.45, 2.75) is 11.0 Å². The number of thioether (sulfide) groups is 1. The normalized spacial score (nSPS) is 11.1. The van der Waals surface area contributed by atoms with E-state index in [1.54, 1.807) is 30.6 Å². The number of fused-ring (bicyclic) bond motifs is 1. The number of ether oxygens (including phenoxy) is 1. The maximum absolute atomic E-state index is 12.8. The van der Waals surface area contributed by atoms with Gasteiger partial charge in [-0.15, -0.1) is 26.6 Å². The molecule has 2 aromatic carbocycles. The fraction of sp³-hybridized carbons (Fsp3) is 0.0952. The lowest BCUT2D eigenvalue weighted by Gasteiger charge is -2.13. The molecule has 0 unspecified atom stereocenters. The first-order chi connectivity index (χ1) is 15.3. The molecule has 154 valence electrons. The molecule has 5 rings (SSSR count). The second kappa shape index (κ2) is 8.32. The van der Waals surface area contributed by atoms with Crippen molar-refractivity contribution in [3.63, 3.8) is 0 Å². The van der Waals surface area contributed by atoms with Gasteiger partial charge in [-0.25, -0.2) is 0 Å². The highest BCUT2D eigenvalue weighted by atomic mass is 32.2. The molecule has 0 N–H and O–H groups in total. The summed E-state index contributed by atoms with van der Waals surface area (Å²) < 4.78 is 8.84. The molecule has 3 heterocycles. The average molecular weight is 449 g/mol. The lowest BCUT2D eigenvalue weighted by Crippen LogP contribution is -2.23. The molecular weight excluding hydrogens is 432 g/mol. The molecule has 0 aliphatic rings. The Labute approximate surface area is 185 Å². The lowest BCUT2D eigenvalue weighted by atomic mass is 10.2. The number of thiophene rings is 1. The first kappa shape index (κ1) is 19.5. The molecule has 8 nitrogen and oxygen atoms in total. The molecule has 0 bridgehead atoms. The van der Waals surface area contributed by atoms with Crippen molar-refractivity contribution in [3.05, 3.63) is 76.4 Å². The summed E-state index contributed by atoms with van der Waals surface area (Å²) in [5, 5.41) is 20.2. The summed E-state index contributed by atoms with van der Waals surface area (Å²) in [6.07, 6.45) is 0. The van der Waals surface area contributed by atoms with Gasteiger partial charge in [0.25, 0.3) is 5.56 Å². The number of aromatic nitrogens is 6. The third-order valence-electron chi connectivity index (χ3n) is 4.65. The van der Waals surface area contributed by atoms with Gasteiger partial charge >= 0.3 is 0 Å². The van der Waals surface area contributed by atoms with Gasteiger partial charge in [-0.2, -0.15) is 4.68 Å². The predicted molar refractivity (Wildman–Crippen MR) is 121 cm³/mol. The molecule has 0 fully saturated rings. The Morgan fingerprint density at radius 3 is 2.68 bits per heavy atom. The van der Waals surface area contributed by atoms with Crippen LogP contribution in [0.5, 0.6) is 5.75 Å². The van der Waals surface area contributed by atoms with Crippen LogP contribution in [0.25, 0.3) is 27.3 Å². The predicted octanol–water partition coefficient (Wildman–Crippen LogP) is 3.86. The second-order valence-electron chi connectivity index (χ2n) is 6.48. The monoisotopic (exact) mass is 448 g/mol. The van der Waals surface area contributed by atoms with Crippen LogP contribution in [0.4, 0.5) is 0 Å². The van der Waals surface area contributed by atoms with Crippen LogP contribution < -0.4 is 10.3 Å². The number of rotatable bonds is 6. The van der Waals surface area contributed by atoms with Gasteiger partial charge in [-0.3, -0.25) is 9.36 Å². The fourth-order valence-corrected chi connectivity index (χ4v) is 4.70. The summed E-state index contributed by atoms with van der Waals surface area (Å²) in [7, 11) is 1.63. The van der Waals surface area contributed by atoms with E-state index in [2.05, 4.69) is 20.5 Å². The van der Waals surface area contributed by atoms with Crippen molar-refractivity contribution < 1.29 is 4.74 Å². The topological polar surface area (TPSA) is 87.7 Å². The number of benzene rings is 2. The van der Waals surface area contributed by atoms with E-state index < -0.39 is 0 Å². The minimum atomic E-state index is -0.195. The van der Waals surface area contributed by atoms with Crippen molar-refractivity contribution in [2.24, 2.45) is 0 Å². The number of hydrogen-bond acceptors (Lipinski definition) is 8. The first-order valence-electron chi connectivity index (χ1n) is 9.34. The largest absolute Gasteiger partial charge is 0.495 e. The van der Waals surface area contributed by atoms with Gasteiger partial charge in [-0.05, 0) is 35.7 Å². The quantitative estimate of drug-likeness (QED) is 0.365. The molecule has 5 aromatic rings. The van der Waals surface area contributed by atoms with Crippen LogP contribution in [0, 0.1) is 0 Å². The van der Waals surface area contributed by atoms with E-state index in [1.165, 1.54) is 16.4 Å². The van der Waals surface area contributed by atoms with Crippen molar-refractivity contribution in [3.8, 4) is 22.1 Å². The minimum Gasteiger partial charge on any atom is -0.495 e. The average Bonchev–Trinajstić information content (AvgIpc) is 3.48. The number of para-hydroxylation sites is 2. The molecule has 31 heavy (non-hydrogen) atoms. The molecule has 0 aliphatic carbocycles. The Balaban J connectivity index is 1.56. The zero-order chi connectivity index (χ0) is 21.2. The Morgan fingerprint density at radius 1 is 1.00 bits per heavy atom. The van der Waals surface area contributed by atoms with Crippen LogP contribution in [-0.4, -0.2) is 36.9 Å². The van der Waals surface area contributed by atoms with Crippen molar-refractivity contribution >= 4 is 34.0 Å². The summed E-state index contributed by atoms with van der Waals surface area (Å²) in [6.45, 7) is 0. The highest BCUT2D eigenvalue weighted by Crippen LogP contribution is 2.34. The van der Waals surface area contributed by atoms with Gasteiger partial charge in [0.2, 0.25) is 0 Å². The summed E-state index contributed by atoms with van der Waals surface area (Å²) in [6, 6.07) is 18.8. The van der Waals surface area contributed by atoms with Gasteiger partial charge in [0.15, 0.2) is 11.0 Å². The van der Waals surface area contributed by atoms with Crippen LogP contribution in [0.2, 0.25) is 0 Å². The second-order valence-corrected chi connectivity index (χ2v) is 8.34. The maximum atomic E-state index is 12.8. The Hall–Kier alpha value is -3.50. The molecule has 3 aromatic heterocycles. The maximum Gasteiger partial charge on any atom is 0.278 e. The molecule has 10 heteroatoms. The first-order valence-corrected chi connectivity index (χ1v) is 11.2. The van der Waals surface area contributed by atoms with Crippen molar-refractivity contribution in [1.29, 1.82) is 0 Å². The summed E-state index contributed by atoms with van der Waals surface area (Å²) in [5.41, 5.74) is 1.20. The number of nitrogens with zero attached hydrogens (tertiary/aromatic N) is 6. The van der Waals surface area contributed by atoms with E-state index in [4.69, 9.17) is 4.74 Å². The highest BCUT2D eigenvalue weighted by Gasteiger charge is 2.20. The highest BCUT2D eigenvalue weighted by molar-refractivity contribution is 7.98. The molecule has 0 saturated carbocycles. The third kappa shape index (κ3) is 3.60. The van der Waals surface area contributed by atoms with Crippen LogP contribution in [0.15, 0.2) is 76.0 Å². The molecule has 0 spiro atoms. The van der Waals surface area contributed by atoms with E-state index in [0.717, 1.165) is 10.6 Å². The smallest absolute Gasteiger partial charge is 0.278 e. The Kier molecular flexibility index (Phi) is 5.23. The fourth-order valence-electron chi connectivity index (χ4n) is 3.19. The molecule has 0 amide bonds. The number of hydrogen-bond donors (Lipinski definition) is 0. The molecule has 0 atom stereocenters. The lowest BCUT2D eigenvalue weighted by molar-refractivity contribution is 0.412. The van der Waals surface area contributed by atoms with Crippen LogP contribution in [0.1, 0.15) is 0 Å². The van der Waals surface area contributed by atoms with Crippen molar-refractivity contribution in [2.75, 3.05) is 7.11 Å². The van der Waals surface area contributed by atoms with E-state index in [-0.39, 0.29) is 11.4 Å². The van der Waals surface area contributed by atoms with Gasteiger partial charge in [0.1, 0.15) is 11.3 Å². The van der Waals surface area contributed by atoms with E-state index in [1.807, 2.05) is 58.5 Å². The van der Waals surface area contributed by atoms with Gasteiger partial charge in [-0.1, -0.05) is 47.3 Å². The van der Waals surface area contributed by atoms with E-state index in [0.29, 0.717) is 27.6 Å². The van der Waals surface area contributed by atoms with Crippen LogP contribution in [-0.2, 0) is 5.88 Å². The molecule has 0 radical (unpaired) electrons. The van der Waals surface area contributed by atoms with Gasteiger partial charge in [0, 0.05) is 0 Å². The third-order valence-corrected chi connectivity index (χ3v) is 6.41. The standard InChI is InChI=1S/C21H16N6O2S2/c1-29-17-10-5-4-9-16(17)27-19(18-11-6-12-30-18)23-24-21(27)31-13-26-20(28)14-7-2-3-8-15(14)22-25-26/h2-12H,13H2,1H3. The SMILES string of the molecule is COc1ccccc1-n1c(SCn2nnc3ccccc3c2=O)nnc1-c1cccs1. The Morgan fingerprint density at radius 2 is 1.84 bits per heavy atom. The minimum absolute atomic E-state index is 0.195. The molecular formula is C21H16N6O2S2. The van der Waals surface area contributed by atoms with E-state index >= 15 is 0 Å². The summed E-state index contributed by atoms with van der Waals surface area (Å²) >= 11 is 2.93. The van der Waals surface area contributed by atoms with Gasteiger partial charge in [0.05, 0.1) is 28.9 Å². The zero-order valence-electron chi connectivity index (χ0n) is 16.4. The Bertz CT molecular complexity index is 1410. The van der Waals surface area contributed by atoms with Gasteiger partial charge < -0.3 is 4.74 Å². The van der Waals surface area contributed by atoms with Crippen molar-refractivity contribution in [1.82, 2.24) is 29.8 Å². The van der Waals surface area contributed by atoms with Crippen LogP contribution >= 0.6 is 23.1 Å². The summed E-state index contributed by atoms with van der Waals surface area (Å²) in [4.78, 5) is 13.8. The summed E-state index contributed by atoms with van der Waals surface area (Å²) in [5.74, 6) is 1.65. The molecule has 0 aliphatic heterocycles. The zero-order valence-corrected chi connectivity index (χ0v) is 18.0. The molecule has 0 saturated heterocycles. The number of methoxy groups -OCH3 is 1.